The number of rotatable bonds is 6. The van der Waals surface area contributed by atoms with Crippen LogP contribution in [-0.2, 0) is 0 Å². The van der Waals surface area contributed by atoms with Crippen LogP contribution in [0.1, 0.15) is 24.8 Å². The molecule has 0 aliphatic heterocycles. The minimum Gasteiger partial charge on any atom is -0.396 e. The van der Waals surface area contributed by atoms with Gasteiger partial charge in [0.25, 0.3) is 5.56 Å². The predicted molar refractivity (Wildman–Crippen MR) is 96.5 cm³/mol. The monoisotopic (exact) mass is 367 g/mol. The first-order valence-corrected chi connectivity index (χ1v) is 8.60. The summed E-state index contributed by atoms with van der Waals surface area (Å²) in [6.07, 6.45) is 4.45. The first-order valence-electron chi connectivity index (χ1n) is 7.85. The molecule has 24 heavy (non-hydrogen) atoms. The second kappa shape index (κ2) is 6.75. The summed E-state index contributed by atoms with van der Waals surface area (Å²) < 4.78 is 1.24. The molecule has 1 aromatic heterocycles. The van der Waals surface area contributed by atoms with Gasteiger partial charge in [-0.15, -0.1) is 0 Å². The van der Waals surface area contributed by atoms with Gasteiger partial charge in [0.05, 0.1) is 17.6 Å². The highest BCUT2D eigenvalue weighted by molar-refractivity contribution is 6.33. The summed E-state index contributed by atoms with van der Waals surface area (Å²) in [5, 5.41) is 17.2. The van der Waals surface area contributed by atoms with Crippen molar-refractivity contribution in [2.24, 2.45) is 5.41 Å². The Morgan fingerprint density at radius 3 is 2.75 bits per heavy atom. The minimum atomic E-state index is -0.395. The number of nitrogens with one attached hydrogen (secondary N) is 1. The van der Waals surface area contributed by atoms with E-state index in [0.717, 1.165) is 24.8 Å². The number of halogens is 2. The highest BCUT2D eigenvalue weighted by Gasteiger charge is 2.41. The van der Waals surface area contributed by atoms with Gasteiger partial charge in [-0.25, -0.2) is 0 Å². The zero-order valence-corrected chi connectivity index (χ0v) is 14.9. The van der Waals surface area contributed by atoms with Crippen molar-refractivity contribution in [3.8, 4) is 5.69 Å². The molecule has 5 nitrogen and oxygen atoms in total. The van der Waals surface area contributed by atoms with E-state index in [1.807, 2.05) is 13.0 Å². The molecular weight excluding hydrogens is 349 g/mol. The molecule has 1 fully saturated rings. The van der Waals surface area contributed by atoms with Crippen LogP contribution in [0, 0.1) is 12.3 Å². The van der Waals surface area contributed by atoms with Crippen molar-refractivity contribution < 1.29 is 5.11 Å². The van der Waals surface area contributed by atoms with Crippen LogP contribution in [-0.4, -0.2) is 28.0 Å². The van der Waals surface area contributed by atoms with Crippen molar-refractivity contribution in [1.82, 2.24) is 9.78 Å². The second-order valence-corrected chi connectivity index (χ2v) is 7.13. The molecule has 0 spiro atoms. The number of aliphatic hydroxyl groups excluding tert-OH is 1. The van der Waals surface area contributed by atoms with Crippen molar-refractivity contribution in [2.75, 3.05) is 18.5 Å². The summed E-state index contributed by atoms with van der Waals surface area (Å²) in [5.41, 5.74) is 1.74. The SMILES string of the molecule is Cc1ccc(-n2ncc(NCC3(CCO)CC3)c(Cl)c2=O)cc1Cl. The second-order valence-electron chi connectivity index (χ2n) is 6.35. The molecule has 128 valence electrons. The van der Waals surface area contributed by atoms with Gasteiger partial charge in [-0.1, -0.05) is 29.3 Å². The number of aromatic nitrogens is 2. The largest absolute Gasteiger partial charge is 0.396 e. The normalized spacial score (nSPS) is 15.3. The fourth-order valence-electron chi connectivity index (χ4n) is 2.67. The highest BCUT2D eigenvalue weighted by Crippen LogP contribution is 2.48. The summed E-state index contributed by atoms with van der Waals surface area (Å²) in [6, 6.07) is 5.30. The standard InChI is InChI=1S/C17H19Cl2N3O2/c1-11-2-3-12(8-13(11)18)22-16(24)15(19)14(9-21-22)20-10-17(4-5-17)6-7-23/h2-3,8-9,20,23H,4-7,10H2,1H3. The van der Waals surface area contributed by atoms with Crippen LogP contribution in [0.5, 0.6) is 0 Å². The number of aliphatic hydroxyl groups is 1. The quantitative estimate of drug-likeness (QED) is 0.820. The Morgan fingerprint density at radius 2 is 2.12 bits per heavy atom. The van der Waals surface area contributed by atoms with E-state index < -0.39 is 5.56 Å². The smallest absolute Gasteiger partial charge is 0.292 e. The van der Waals surface area contributed by atoms with Gasteiger partial charge in [0.2, 0.25) is 0 Å². The first kappa shape index (κ1) is 17.3. The molecular formula is C17H19Cl2N3O2. The van der Waals surface area contributed by atoms with Crippen LogP contribution in [0.3, 0.4) is 0 Å². The lowest BCUT2D eigenvalue weighted by atomic mass is 10.0. The molecule has 3 rings (SSSR count). The van der Waals surface area contributed by atoms with Crippen molar-refractivity contribution in [1.29, 1.82) is 0 Å². The van der Waals surface area contributed by atoms with E-state index in [4.69, 9.17) is 28.3 Å². The molecule has 1 aliphatic rings. The van der Waals surface area contributed by atoms with Crippen molar-refractivity contribution in [3.05, 3.63) is 50.4 Å². The third-order valence-electron chi connectivity index (χ3n) is 4.57. The molecule has 0 amide bonds. The molecule has 0 bridgehead atoms. The fraction of sp³-hybridized carbons (Fsp3) is 0.412. The fourth-order valence-corrected chi connectivity index (χ4v) is 3.04. The lowest BCUT2D eigenvalue weighted by molar-refractivity contribution is 0.253. The van der Waals surface area contributed by atoms with Gasteiger partial charge in [0.1, 0.15) is 5.02 Å². The summed E-state index contributed by atoms with van der Waals surface area (Å²) >= 11 is 12.3. The van der Waals surface area contributed by atoms with Gasteiger partial charge >= 0.3 is 0 Å². The Morgan fingerprint density at radius 1 is 1.38 bits per heavy atom. The summed E-state index contributed by atoms with van der Waals surface area (Å²) in [5.74, 6) is 0. The lowest BCUT2D eigenvalue weighted by Gasteiger charge is -2.16. The van der Waals surface area contributed by atoms with E-state index in [-0.39, 0.29) is 17.0 Å². The van der Waals surface area contributed by atoms with Crippen LogP contribution in [0.25, 0.3) is 5.69 Å². The molecule has 2 aromatic rings. The van der Waals surface area contributed by atoms with Crippen molar-refractivity contribution in [2.45, 2.75) is 26.2 Å². The Kier molecular flexibility index (Phi) is 4.85. The lowest BCUT2D eigenvalue weighted by Crippen LogP contribution is -2.24. The maximum Gasteiger partial charge on any atom is 0.292 e. The Hall–Kier alpha value is -1.56. The first-order chi connectivity index (χ1) is 11.5. The van der Waals surface area contributed by atoms with Gasteiger partial charge in [-0.05, 0) is 49.3 Å². The molecule has 2 N–H and O–H groups in total. The average Bonchev–Trinajstić information content (AvgIpc) is 3.32. The van der Waals surface area contributed by atoms with Gasteiger partial charge in [-0.3, -0.25) is 4.79 Å². The maximum absolute atomic E-state index is 12.5. The Bertz CT molecular complexity index is 816. The van der Waals surface area contributed by atoms with Gasteiger partial charge in [-0.2, -0.15) is 9.78 Å². The van der Waals surface area contributed by atoms with Crippen LogP contribution in [0.15, 0.2) is 29.2 Å². The van der Waals surface area contributed by atoms with Crippen LogP contribution >= 0.6 is 23.2 Å². The van der Waals surface area contributed by atoms with Gasteiger partial charge in [0, 0.05) is 18.2 Å². The molecule has 7 heteroatoms. The van der Waals surface area contributed by atoms with E-state index in [2.05, 4.69) is 10.4 Å². The number of benzene rings is 1. The van der Waals surface area contributed by atoms with Crippen LogP contribution in [0.2, 0.25) is 10.0 Å². The van der Waals surface area contributed by atoms with Gasteiger partial charge < -0.3 is 10.4 Å². The third kappa shape index (κ3) is 3.43. The number of hydrogen-bond acceptors (Lipinski definition) is 4. The van der Waals surface area contributed by atoms with Crippen LogP contribution in [0.4, 0.5) is 5.69 Å². The van der Waals surface area contributed by atoms with E-state index >= 15 is 0 Å². The summed E-state index contributed by atoms with van der Waals surface area (Å²) in [6.45, 7) is 2.74. The Labute approximate surface area is 150 Å². The maximum atomic E-state index is 12.5. The van der Waals surface area contributed by atoms with Gasteiger partial charge in [0.15, 0.2) is 0 Å². The molecule has 0 unspecified atom stereocenters. The third-order valence-corrected chi connectivity index (χ3v) is 5.34. The summed E-state index contributed by atoms with van der Waals surface area (Å²) in [7, 11) is 0. The zero-order valence-electron chi connectivity index (χ0n) is 13.4. The Balaban J connectivity index is 1.83. The number of hydrogen-bond donors (Lipinski definition) is 2. The zero-order chi connectivity index (χ0) is 17.3. The minimum absolute atomic E-state index is 0.0986. The van der Waals surface area contributed by atoms with Crippen molar-refractivity contribution in [3.63, 3.8) is 0 Å². The van der Waals surface area contributed by atoms with E-state index in [1.165, 1.54) is 4.68 Å². The molecule has 0 radical (unpaired) electrons. The topological polar surface area (TPSA) is 67.2 Å². The summed E-state index contributed by atoms with van der Waals surface area (Å²) in [4.78, 5) is 12.5. The number of nitrogens with zero attached hydrogens (tertiary/aromatic N) is 2. The van der Waals surface area contributed by atoms with E-state index in [1.54, 1.807) is 18.3 Å². The van der Waals surface area contributed by atoms with Crippen molar-refractivity contribution >= 4 is 28.9 Å². The van der Waals surface area contributed by atoms with Crippen LogP contribution < -0.4 is 10.9 Å². The molecule has 1 aromatic carbocycles. The molecule has 1 heterocycles. The van der Waals surface area contributed by atoms with E-state index in [0.29, 0.717) is 22.9 Å². The molecule has 1 saturated carbocycles. The molecule has 0 saturated heterocycles. The highest BCUT2D eigenvalue weighted by atomic mass is 35.5. The predicted octanol–water partition coefficient (Wildman–Crippen LogP) is 3.42. The average molecular weight is 368 g/mol. The molecule has 1 aliphatic carbocycles. The number of aryl methyl sites for hydroxylation is 1. The molecule has 0 atom stereocenters. The van der Waals surface area contributed by atoms with E-state index in [9.17, 15) is 4.79 Å². The number of anilines is 1.